The van der Waals surface area contributed by atoms with Gasteiger partial charge < -0.3 is 21.7 Å². The maximum absolute atomic E-state index is 13.0. The zero-order valence-corrected chi connectivity index (χ0v) is 19.1. The molecule has 3 aromatic carbocycles. The van der Waals surface area contributed by atoms with Gasteiger partial charge in [-0.15, -0.1) is 0 Å². The van der Waals surface area contributed by atoms with Crippen molar-refractivity contribution >= 4 is 51.2 Å². The molecule has 0 spiro atoms. The first-order valence-electron chi connectivity index (χ1n) is 11.2. The van der Waals surface area contributed by atoms with Gasteiger partial charge in [0, 0.05) is 63.5 Å². The molecule has 5 aromatic rings. The van der Waals surface area contributed by atoms with Gasteiger partial charge in [0.2, 0.25) is 5.91 Å². The molecule has 0 saturated heterocycles. The van der Waals surface area contributed by atoms with Crippen molar-refractivity contribution in [2.75, 3.05) is 16.0 Å². The van der Waals surface area contributed by atoms with Crippen molar-refractivity contribution in [3.05, 3.63) is 115 Å². The molecule has 0 saturated carbocycles. The average molecular weight is 475 g/mol. The Bertz CT molecular complexity index is 1570. The molecular weight excluding hydrogens is 452 g/mol. The fourth-order valence-corrected chi connectivity index (χ4v) is 3.78. The topological polar surface area (TPSA) is 122 Å². The lowest BCUT2D eigenvalue weighted by molar-refractivity contribution is 0.0997. The fraction of sp³-hybridized carbons (Fsp3) is 0. The summed E-state index contributed by atoms with van der Waals surface area (Å²) in [6.07, 6.45) is 5.10. The van der Waals surface area contributed by atoms with E-state index in [1.165, 1.54) is 0 Å². The molecule has 0 aliphatic carbocycles. The molecule has 0 radical (unpaired) electrons. The van der Waals surface area contributed by atoms with E-state index in [2.05, 4.69) is 25.9 Å². The Labute approximate surface area is 207 Å². The van der Waals surface area contributed by atoms with Crippen molar-refractivity contribution in [2.45, 2.75) is 0 Å². The summed E-state index contributed by atoms with van der Waals surface area (Å²) >= 11 is 0. The summed E-state index contributed by atoms with van der Waals surface area (Å²) < 4.78 is 0. The van der Waals surface area contributed by atoms with E-state index in [1.54, 1.807) is 61.1 Å². The Morgan fingerprint density at radius 1 is 0.667 bits per heavy atom. The monoisotopic (exact) mass is 474 g/mol. The van der Waals surface area contributed by atoms with Crippen molar-refractivity contribution in [3.63, 3.8) is 0 Å². The molecule has 0 unspecified atom stereocenters. The molecule has 5 N–H and O–H groups in total. The van der Waals surface area contributed by atoms with Gasteiger partial charge in [-0.05, 0) is 72.8 Å². The first kappa shape index (κ1) is 22.5. The van der Waals surface area contributed by atoms with Crippen LogP contribution in [-0.2, 0) is 0 Å². The van der Waals surface area contributed by atoms with Crippen LogP contribution in [0, 0.1) is 0 Å². The Morgan fingerprint density at radius 3 is 2.22 bits per heavy atom. The summed E-state index contributed by atoms with van der Waals surface area (Å²) in [6, 6.07) is 25.3. The highest BCUT2D eigenvalue weighted by Gasteiger charge is 2.10. The smallest absolute Gasteiger partial charge is 0.255 e. The van der Waals surface area contributed by atoms with Crippen LogP contribution in [0.25, 0.3) is 10.9 Å². The van der Waals surface area contributed by atoms with Crippen LogP contribution < -0.4 is 21.7 Å². The third-order valence-corrected chi connectivity index (χ3v) is 5.52. The number of aromatic nitrogens is 2. The van der Waals surface area contributed by atoms with E-state index in [0.29, 0.717) is 22.5 Å². The number of fused-ring (bicyclic) bond motifs is 1. The Morgan fingerprint density at radius 2 is 1.42 bits per heavy atom. The van der Waals surface area contributed by atoms with Crippen LogP contribution in [0.3, 0.4) is 0 Å². The van der Waals surface area contributed by atoms with Crippen molar-refractivity contribution in [1.82, 2.24) is 9.97 Å². The van der Waals surface area contributed by atoms with Gasteiger partial charge in [-0.3, -0.25) is 19.6 Å². The summed E-state index contributed by atoms with van der Waals surface area (Å²) in [5, 5.41) is 10.3. The number of carbonyl (C=O) groups excluding carboxylic acids is 2. The van der Waals surface area contributed by atoms with E-state index < -0.39 is 5.91 Å². The first-order valence-corrected chi connectivity index (χ1v) is 11.2. The standard InChI is InChI=1S/C28H22N6O2/c29-27(35)18-7-8-25-24(16-18)26(11-14-31-25)33-21-4-1-3-19(15-21)28(36)34-23-6-2-5-22(17-23)32-20-9-12-30-13-10-20/h1-17H,(H2,29,35)(H,30,32)(H,31,33)(H,34,36). The summed E-state index contributed by atoms with van der Waals surface area (Å²) in [6.45, 7) is 0. The van der Waals surface area contributed by atoms with Crippen LogP contribution in [0.2, 0.25) is 0 Å². The molecule has 0 atom stereocenters. The van der Waals surface area contributed by atoms with E-state index >= 15 is 0 Å². The summed E-state index contributed by atoms with van der Waals surface area (Å²) in [4.78, 5) is 33.0. The largest absolute Gasteiger partial charge is 0.366 e. The van der Waals surface area contributed by atoms with Gasteiger partial charge in [0.05, 0.1) is 5.52 Å². The van der Waals surface area contributed by atoms with E-state index in [1.807, 2.05) is 42.5 Å². The van der Waals surface area contributed by atoms with Gasteiger partial charge in [-0.2, -0.15) is 0 Å². The lowest BCUT2D eigenvalue weighted by Crippen LogP contribution is -2.12. The minimum atomic E-state index is -0.509. The van der Waals surface area contributed by atoms with E-state index in [-0.39, 0.29) is 5.91 Å². The number of hydrogen-bond acceptors (Lipinski definition) is 6. The molecule has 2 amide bonds. The summed E-state index contributed by atoms with van der Waals surface area (Å²) in [5.74, 6) is -0.749. The number of rotatable bonds is 7. The minimum Gasteiger partial charge on any atom is -0.366 e. The quantitative estimate of drug-likeness (QED) is 0.248. The molecule has 0 aliphatic heterocycles. The number of hydrogen-bond donors (Lipinski definition) is 4. The van der Waals surface area contributed by atoms with Crippen molar-refractivity contribution in [2.24, 2.45) is 5.73 Å². The number of carbonyl (C=O) groups is 2. The SMILES string of the molecule is NC(=O)c1ccc2nccc(Nc3cccc(C(=O)Nc4cccc(Nc5ccncc5)c4)c3)c2c1. The third-order valence-electron chi connectivity index (χ3n) is 5.52. The maximum atomic E-state index is 13.0. The molecule has 0 aliphatic rings. The number of nitrogens with one attached hydrogen (secondary N) is 3. The molecule has 5 rings (SSSR count). The van der Waals surface area contributed by atoms with Gasteiger partial charge >= 0.3 is 0 Å². The van der Waals surface area contributed by atoms with Crippen molar-refractivity contribution < 1.29 is 9.59 Å². The number of nitrogens with two attached hydrogens (primary N) is 1. The number of primary amides is 1. The predicted molar refractivity (Wildman–Crippen MR) is 142 cm³/mol. The second-order valence-electron chi connectivity index (χ2n) is 8.06. The lowest BCUT2D eigenvalue weighted by Gasteiger charge is -2.12. The normalized spacial score (nSPS) is 10.6. The summed E-state index contributed by atoms with van der Waals surface area (Å²) in [7, 11) is 0. The molecule has 8 heteroatoms. The highest BCUT2D eigenvalue weighted by Crippen LogP contribution is 2.27. The predicted octanol–water partition coefficient (Wildman–Crippen LogP) is 5.47. The van der Waals surface area contributed by atoms with E-state index in [0.717, 1.165) is 28.0 Å². The molecule has 0 bridgehead atoms. The van der Waals surface area contributed by atoms with Crippen LogP contribution in [0.4, 0.5) is 28.4 Å². The second kappa shape index (κ2) is 9.94. The zero-order valence-electron chi connectivity index (χ0n) is 19.1. The first-order chi connectivity index (χ1) is 17.5. The molecule has 2 aromatic heterocycles. The number of nitrogens with zero attached hydrogens (tertiary/aromatic N) is 2. The van der Waals surface area contributed by atoms with Crippen molar-refractivity contribution in [1.29, 1.82) is 0 Å². The average Bonchev–Trinajstić information content (AvgIpc) is 2.89. The molecular formula is C28H22N6O2. The van der Waals surface area contributed by atoms with Crippen molar-refractivity contribution in [3.8, 4) is 0 Å². The highest BCUT2D eigenvalue weighted by atomic mass is 16.2. The minimum absolute atomic E-state index is 0.240. The van der Waals surface area contributed by atoms with Gasteiger partial charge in [0.1, 0.15) is 0 Å². The summed E-state index contributed by atoms with van der Waals surface area (Å²) in [5.41, 5.74) is 10.9. The van der Waals surface area contributed by atoms with Crippen LogP contribution >= 0.6 is 0 Å². The zero-order chi connectivity index (χ0) is 24.9. The fourth-order valence-electron chi connectivity index (χ4n) is 3.78. The number of benzene rings is 3. The number of anilines is 5. The molecule has 176 valence electrons. The molecule has 36 heavy (non-hydrogen) atoms. The van der Waals surface area contributed by atoms with Crippen LogP contribution in [0.5, 0.6) is 0 Å². The third kappa shape index (κ3) is 5.13. The second-order valence-corrected chi connectivity index (χ2v) is 8.06. The van der Waals surface area contributed by atoms with Gasteiger partial charge in [0.15, 0.2) is 0 Å². The highest BCUT2D eigenvalue weighted by molar-refractivity contribution is 6.05. The maximum Gasteiger partial charge on any atom is 0.255 e. The number of pyridine rings is 2. The molecule has 2 heterocycles. The van der Waals surface area contributed by atoms with Gasteiger partial charge in [-0.1, -0.05) is 12.1 Å². The van der Waals surface area contributed by atoms with Gasteiger partial charge in [-0.25, -0.2) is 0 Å². The Balaban J connectivity index is 1.34. The Hall–Kier alpha value is -5.24. The van der Waals surface area contributed by atoms with Gasteiger partial charge in [0.25, 0.3) is 5.91 Å². The number of amides is 2. The van der Waals surface area contributed by atoms with E-state index in [4.69, 9.17) is 5.73 Å². The lowest BCUT2D eigenvalue weighted by atomic mass is 10.1. The van der Waals surface area contributed by atoms with Crippen LogP contribution in [-0.4, -0.2) is 21.8 Å². The van der Waals surface area contributed by atoms with E-state index in [9.17, 15) is 9.59 Å². The Kier molecular flexibility index (Phi) is 6.23. The van der Waals surface area contributed by atoms with Crippen LogP contribution in [0.15, 0.2) is 104 Å². The molecule has 8 nitrogen and oxygen atoms in total. The molecule has 0 fully saturated rings. The van der Waals surface area contributed by atoms with Crippen LogP contribution in [0.1, 0.15) is 20.7 Å².